The van der Waals surface area contributed by atoms with Crippen molar-refractivity contribution in [1.82, 2.24) is 0 Å². The number of rotatable bonds is 2. The molecule has 0 spiro atoms. The van der Waals surface area contributed by atoms with E-state index in [2.05, 4.69) is 156 Å². The van der Waals surface area contributed by atoms with Crippen LogP contribution in [0.4, 0.5) is 0 Å². The van der Waals surface area contributed by atoms with Crippen LogP contribution in [0.25, 0.3) is 65.9 Å². The normalized spacial score (nSPS) is 20.2. The summed E-state index contributed by atoms with van der Waals surface area (Å²) in [5.74, 6) is 1.18. The molecule has 3 atom stereocenters. The number of alkyl halides is 1. The summed E-state index contributed by atoms with van der Waals surface area (Å²) < 4.78 is 7.02. The van der Waals surface area contributed by atoms with E-state index in [0.29, 0.717) is 3.92 Å². The summed E-state index contributed by atoms with van der Waals surface area (Å²) in [4.78, 5) is 0. The molecule has 2 heteroatoms. The predicted octanol–water partition coefficient (Wildman–Crippen LogP) is 11.3. The van der Waals surface area contributed by atoms with Crippen molar-refractivity contribution in [2.75, 3.05) is 0 Å². The number of allylic oxidation sites excluding steroid dienone is 3. The van der Waals surface area contributed by atoms with Gasteiger partial charge in [0.2, 0.25) is 0 Å². The first-order chi connectivity index (χ1) is 21.7. The van der Waals surface area contributed by atoms with Crippen LogP contribution in [0, 0.1) is 0 Å². The summed E-state index contributed by atoms with van der Waals surface area (Å²) >= 11 is 2.57. The van der Waals surface area contributed by atoms with Crippen molar-refractivity contribution in [3.8, 4) is 16.9 Å². The minimum atomic E-state index is 0.0240. The predicted molar refractivity (Wildman–Crippen MR) is 194 cm³/mol. The lowest BCUT2D eigenvalue weighted by Gasteiger charge is -2.22. The van der Waals surface area contributed by atoms with Crippen LogP contribution in [-0.2, 0) is 6.42 Å². The molecule has 0 bridgehead atoms. The number of hydrogen-bond donors (Lipinski definition) is 0. The quantitative estimate of drug-likeness (QED) is 0.101. The van der Waals surface area contributed by atoms with Gasteiger partial charge in [-0.2, -0.15) is 0 Å². The number of hydrogen-bond acceptors (Lipinski definition) is 1. The fourth-order valence-corrected chi connectivity index (χ4v) is 8.64. The first kappa shape index (κ1) is 25.0. The van der Waals surface area contributed by atoms with Crippen LogP contribution in [0.5, 0.6) is 5.75 Å². The van der Waals surface area contributed by atoms with E-state index in [1.165, 1.54) is 82.0 Å². The molecule has 0 fully saturated rings. The molecular formula is C42H27IO. The van der Waals surface area contributed by atoms with Gasteiger partial charge in [0.05, 0.1) is 0 Å². The maximum absolute atomic E-state index is 6.52. The zero-order valence-electron chi connectivity index (χ0n) is 23.9. The summed E-state index contributed by atoms with van der Waals surface area (Å²) in [6, 6.07) is 38.4. The van der Waals surface area contributed by atoms with Crippen LogP contribution in [-0.4, -0.2) is 10.0 Å². The van der Waals surface area contributed by atoms with E-state index in [9.17, 15) is 0 Å². The van der Waals surface area contributed by atoms with Gasteiger partial charge in [-0.3, -0.25) is 0 Å². The molecule has 1 aliphatic heterocycles. The van der Waals surface area contributed by atoms with Crippen molar-refractivity contribution >= 4 is 77.3 Å². The van der Waals surface area contributed by atoms with Crippen molar-refractivity contribution in [3.05, 3.63) is 150 Å². The molecule has 2 aliphatic carbocycles. The zero-order valence-corrected chi connectivity index (χ0v) is 26.1. The van der Waals surface area contributed by atoms with Crippen LogP contribution >= 0.6 is 22.6 Å². The first-order valence-electron chi connectivity index (χ1n) is 15.4. The Morgan fingerprint density at radius 1 is 0.636 bits per heavy atom. The van der Waals surface area contributed by atoms with Gasteiger partial charge in [0, 0.05) is 15.4 Å². The van der Waals surface area contributed by atoms with Gasteiger partial charge in [0.1, 0.15) is 11.9 Å². The van der Waals surface area contributed by atoms with Gasteiger partial charge in [-0.25, -0.2) is 0 Å². The lowest BCUT2D eigenvalue weighted by Crippen LogP contribution is -2.17. The van der Waals surface area contributed by atoms with E-state index in [0.717, 1.165) is 12.2 Å². The van der Waals surface area contributed by atoms with Crippen LogP contribution in [0.1, 0.15) is 28.2 Å². The fourth-order valence-electron chi connectivity index (χ4n) is 7.99. The summed E-state index contributed by atoms with van der Waals surface area (Å²) in [6.07, 6.45) is 12.7. The molecule has 0 saturated heterocycles. The van der Waals surface area contributed by atoms with Gasteiger partial charge in [0.25, 0.3) is 0 Å². The van der Waals surface area contributed by atoms with Gasteiger partial charge in [-0.1, -0.05) is 132 Å². The maximum Gasteiger partial charge on any atom is 0.128 e. The molecule has 7 aromatic carbocycles. The van der Waals surface area contributed by atoms with Crippen LogP contribution in [0.2, 0.25) is 0 Å². The smallest absolute Gasteiger partial charge is 0.128 e. The molecule has 7 aromatic rings. The summed E-state index contributed by atoms with van der Waals surface area (Å²) in [5.41, 5.74) is 9.29. The summed E-state index contributed by atoms with van der Waals surface area (Å²) in [6.45, 7) is 0. The highest BCUT2D eigenvalue weighted by Gasteiger charge is 2.34. The van der Waals surface area contributed by atoms with Crippen LogP contribution < -0.4 is 4.74 Å². The Labute approximate surface area is 269 Å². The second-order valence-corrected chi connectivity index (χ2v) is 14.0. The van der Waals surface area contributed by atoms with Crippen molar-refractivity contribution in [2.24, 2.45) is 0 Å². The Morgan fingerprint density at radius 3 is 2.34 bits per heavy atom. The Hall–Kier alpha value is -4.41. The highest BCUT2D eigenvalue weighted by molar-refractivity contribution is 14.1. The van der Waals surface area contributed by atoms with E-state index in [4.69, 9.17) is 4.74 Å². The highest BCUT2D eigenvalue weighted by atomic mass is 127. The van der Waals surface area contributed by atoms with Gasteiger partial charge in [-0.15, -0.1) is 0 Å². The van der Waals surface area contributed by atoms with Crippen molar-refractivity contribution < 1.29 is 4.74 Å². The second kappa shape index (κ2) is 9.30. The molecule has 3 aliphatic rings. The number of benzene rings is 7. The molecule has 10 rings (SSSR count). The monoisotopic (exact) mass is 674 g/mol. The van der Waals surface area contributed by atoms with Crippen LogP contribution in [0.15, 0.2) is 127 Å². The largest absolute Gasteiger partial charge is 0.485 e. The molecule has 1 nitrogen and oxygen atoms in total. The van der Waals surface area contributed by atoms with Crippen LogP contribution in [0.3, 0.4) is 0 Å². The average molecular weight is 675 g/mol. The molecular weight excluding hydrogens is 647 g/mol. The van der Waals surface area contributed by atoms with Gasteiger partial charge in [-0.05, 0) is 107 Å². The van der Waals surface area contributed by atoms with E-state index >= 15 is 0 Å². The molecule has 0 radical (unpaired) electrons. The Balaban J connectivity index is 1.12. The van der Waals surface area contributed by atoms with Crippen molar-refractivity contribution in [2.45, 2.75) is 22.4 Å². The Kier molecular flexibility index (Phi) is 5.28. The van der Waals surface area contributed by atoms with Crippen molar-refractivity contribution in [1.29, 1.82) is 0 Å². The van der Waals surface area contributed by atoms with Crippen molar-refractivity contribution in [3.63, 3.8) is 0 Å². The lowest BCUT2D eigenvalue weighted by molar-refractivity contribution is 0.269. The molecule has 0 amide bonds. The minimum absolute atomic E-state index is 0.0240. The SMILES string of the molecule is I[C@H]1C=Cc2c(c(-c3ccc4c(c3)C3C=C(c5ccc6ccc7cccc8ccc5c6c78)C=CC3O4)cc3ccccc23)C1. The molecule has 0 saturated carbocycles. The maximum atomic E-state index is 6.52. The third-order valence-electron chi connectivity index (χ3n) is 10.0. The lowest BCUT2D eigenvalue weighted by atomic mass is 9.82. The Bertz CT molecular complexity index is 2410. The molecule has 44 heavy (non-hydrogen) atoms. The first-order valence-corrected chi connectivity index (χ1v) is 16.7. The number of halogens is 1. The fraction of sp³-hybridized carbons (Fsp3) is 0.0952. The molecule has 2 unspecified atom stereocenters. The topological polar surface area (TPSA) is 9.23 Å². The van der Waals surface area contributed by atoms with E-state index < -0.39 is 0 Å². The molecule has 0 N–H and O–H groups in total. The minimum Gasteiger partial charge on any atom is -0.485 e. The molecule has 1 heterocycles. The van der Waals surface area contributed by atoms with Gasteiger partial charge < -0.3 is 4.74 Å². The summed E-state index contributed by atoms with van der Waals surface area (Å²) in [7, 11) is 0. The third kappa shape index (κ3) is 3.58. The average Bonchev–Trinajstić information content (AvgIpc) is 3.44. The van der Waals surface area contributed by atoms with E-state index in [1.54, 1.807) is 0 Å². The van der Waals surface area contributed by atoms with E-state index in [-0.39, 0.29) is 12.0 Å². The Morgan fingerprint density at radius 2 is 1.43 bits per heavy atom. The molecule has 208 valence electrons. The zero-order chi connectivity index (χ0) is 28.9. The third-order valence-corrected chi connectivity index (χ3v) is 10.9. The van der Waals surface area contributed by atoms with Gasteiger partial charge in [0.15, 0.2) is 0 Å². The highest BCUT2D eigenvalue weighted by Crippen LogP contribution is 2.47. The van der Waals surface area contributed by atoms with Gasteiger partial charge >= 0.3 is 0 Å². The molecule has 0 aromatic heterocycles. The standard InChI is InChI=1S/C42H27IO/c43-30-14-17-33-31-7-2-1-4-27(31)20-35(36(33)23-30)29-13-19-40-38(22-29)37-21-28(12-18-39(37)44-40)32-15-10-26-9-8-24-5-3-6-25-11-16-34(32)42(26)41(24)25/h1-22,30,37,39H,23H2/t30-,37?,39?/m0/s1. The number of fused-ring (bicyclic) bond motifs is 6. The second-order valence-electron chi connectivity index (χ2n) is 12.4. The number of ether oxygens (including phenoxy) is 1. The summed E-state index contributed by atoms with van der Waals surface area (Å²) in [5, 5.41) is 10.6. The van der Waals surface area contributed by atoms with E-state index in [1.807, 2.05) is 0 Å².